The molecule has 1 unspecified atom stereocenters. The number of hydrogen-bond donors (Lipinski definition) is 1. The molecule has 2 aromatic rings. The first-order chi connectivity index (χ1) is 11.3. The molecule has 2 saturated heterocycles. The van der Waals surface area contributed by atoms with Crippen LogP contribution >= 0.6 is 11.8 Å². The van der Waals surface area contributed by atoms with Crippen molar-refractivity contribution < 1.29 is 4.79 Å². The number of nitrogens with zero attached hydrogens (tertiary/aromatic N) is 2. The molecule has 5 heteroatoms. The number of amides is 1. The summed E-state index contributed by atoms with van der Waals surface area (Å²) in [7, 11) is 0. The highest BCUT2D eigenvalue weighted by atomic mass is 32.2. The molecule has 2 aromatic carbocycles. The predicted octanol–water partition coefficient (Wildman–Crippen LogP) is 2.15. The van der Waals surface area contributed by atoms with Crippen molar-refractivity contribution in [3.8, 4) is 0 Å². The first kappa shape index (κ1) is 14.8. The van der Waals surface area contributed by atoms with E-state index >= 15 is 0 Å². The molecule has 0 aromatic heterocycles. The summed E-state index contributed by atoms with van der Waals surface area (Å²) in [6, 6.07) is 15.0. The van der Waals surface area contributed by atoms with Gasteiger partial charge in [-0.1, -0.05) is 36.4 Å². The number of fused-ring (bicyclic) bond motifs is 1. The zero-order valence-electron chi connectivity index (χ0n) is 13.1. The number of piperazine rings is 1. The Balaban J connectivity index is 1.47. The van der Waals surface area contributed by atoms with Gasteiger partial charge in [-0.15, -0.1) is 11.8 Å². The number of rotatable bonds is 2. The van der Waals surface area contributed by atoms with Gasteiger partial charge in [-0.05, 0) is 11.5 Å². The second-order valence-electron chi connectivity index (χ2n) is 6.08. The van der Waals surface area contributed by atoms with Crippen LogP contribution in [0.2, 0.25) is 0 Å². The molecule has 0 bridgehead atoms. The Morgan fingerprint density at radius 3 is 2.61 bits per heavy atom. The van der Waals surface area contributed by atoms with E-state index in [1.165, 1.54) is 16.5 Å². The van der Waals surface area contributed by atoms with Gasteiger partial charge in [0.2, 0.25) is 5.91 Å². The van der Waals surface area contributed by atoms with E-state index < -0.39 is 0 Å². The lowest BCUT2D eigenvalue weighted by Gasteiger charge is -2.37. The Hall–Kier alpha value is -1.72. The Morgan fingerprint density at radius 2 is 1.83 bits per heavy atom. The highest BCUT2D eigenvalue weighted by molar-refractivity contribution is 7.99. The smallest absolute Gasteiger partial charge is 0.240 e. The number of carbonyl (C=O) groups excluding carboxylic acids is 1. The lowest BCUT2D eigenvalue weighted by atomic mass is 10.1. The summed E-state index contributed by atoms with van der Waals surface area (Å²) in [5, 5.41) is 5.85. The van der Waals surface area contributed by atoms with E-state index in [0.717, 1.165) is 37.8 Å². The van der Waals surface area contributed by atoms with Crippen LogP contribution in [0.5, 0.6) is 0 Å². The lowest BCUT2D eigenvalue weighted by Crippen LogP contribution is -2.53. The standard InChI is InChI=1S/C18H21N3OS/c22-18(16-12-23-13-19-16)21-10-8-20(9-11-21)17-7-3-5-14-4-1-2-6-15(14)17/h1-7,16,19H,8-13H2. The van der Waals surface area contributed by atoms with E-state index in [1.54, 1.807) is 11.8 Å². The van der Waals surface area contributed by atoms with E-state index in [1.807, 2.05) is 4.90 Å². The number of hydrogen-bond acceptors (Lipinski definition) is 4. The normalized spacial score (nSPS) is 21.8. The summed E-state index contributed by atoms with van der Waals surface area (Å²) >= 11 is 1.80. The monoisotopic (exact) mass is 327 g/mol. The van der Waals surface area contributed by atoms with Gasteiger partial charge < -0.3 is 9.80 Å². The summed E-state index contributed by atoms with van der Waals surface area (Å²) in [5.74, 6) is 2.07. The topological polar surface area (TPSA) is 35.6 Å². The van der Waals surface area contributed by atoms with Crippen molar-refractivity contribution in [3.63, 3.8) is 0 Å². The summed E-state index contributed by atoms with van der Waals surface area (Å²) < 4.78 is 0. The SMILES string of the molecule is O=C(C1CSCN1)N1CCN(c2cccc3ccccc23)CC1. The van der Waals surface area contributed by atoms with Crippen LogP contribution in [0.15, 0.2) is 42.5 Å². The highest BCUT2D eigenvalue weighted by Gasteiger charge is 2.29. The van der Waals surface area contributed by atoms with Gasteiger partial charge in [0, 0.05) is 48.9 Å². The van der Waals surface area contributed by atoms with Gasteiger partial charge in [0.25, 0.3) is 0 Å². The molecule has 0 spiro atoms. The molecule has 1 atom stereocenters. The second-order valence-corrected chi connectivity index (χ2v) is 7.11. The van der Waals surface area contributed by atoms with E-state index in [4.69, 9.17) is 0 Å². The molecule has 4 rings (SSSR count). The van der Waals surface area contributed by atoms with Crippen LogP contribution in [-0.4, -0.2) is 54.7 Å². The van der Waals surface area contributed by atoms with Crippen LogP contribution in [0, 0.1) is 0 Å². The van der Waals surface area contributed by atoms with E-state index in [0.29, 0.717) is 0 Å². The van der Waals surface area contributed by atoms with Gasteiger partial charge in [0.1, 0.15) is 0 Å². The quantitative estimate of drug-likeness (QED) is 0.917. The number of benzene rings is 2. The fourth-order valence-electron chi connectivity index (χ4n) is 3.43. The molecule has 2 aliphatic heterocycles. The number of carbonyl (C=O) groups is 1. The predicted molar refractivity (Wildman–Crippen MR) is 97.0 cm³/mol. The largest absolute Gasteiger partial charge is 0.367 e. The molecule has 2 aliphatic rings. The third-order valence-corrected chi connectivity index (χ3v) is 5.65. The molecule has 120 valence electrons. The van der Waals surface area contributed by atoms with Crippen molar-refractivity contribution in [3.05, 3.63) is 42.5 Å². The molecular formula is C18H21N3OS. The highest BCUT2D eigenvalue weighted by Crippen LogP contribution is 2.27. The van der Waals surface area contributed by atoms with Crippen LogP contribution in [0.1, 0.15) is 0 Å². The van der Waals surface area contributed by atoms with Gasteiger partial charge in [-0.3, -0.25) is 10.1 Å². The lowest BCUT2D eigenvalue weighted by molar-refractivity contribution is -0.132. The minimum absolute atomic E-state index is 0.0177. The van der Waals surface area contributed by atoms with Gasteiger partial charge >= 0.3 is 0 Å². The number of nitrogens with one attached hydrogen (secondary N) is 1. The van der Waals surface area contributed by atoms with Crippen LogP contribution < -0.4 is 10.2 Å². The minimum atomic E-state index is 0.0177. The molecule has 23 heavy (non-hydrogen) atoms. The fourth-order valence-corrected chi connectivity index (χ4v) is 4.36. The maximum absolute atomic E-state index is 12.5. The average molecular weight is 327 g/mol. The van der Waals surface area contributed by atoms with E-state index in [-0.39, 0.29) is 11.9 Å². The molecule has 0 saturated carbocycles. The van der Waals surface area contributed by atoms with Gasteiger partial charge in [0.05, 0.1) is 6.04 Å². The number of thioether (sulfide) groups is 1. The maximum atomic E-state index is 12.5. The Morgan fingerprint density at radius 1 is 1.04 bits per heavy atom. The van der Waals surface area contributed by atoms with Gasteiger partial charge in [0.15, 0.2) is 0 Å². The van der Waals surface area contributed by atoms with Crippen molar-refractivity contribution >= 4 is 34.1 Å². The van der Waals surface area contributed by atoms with Crippen LogP contribution in [0.25, 0.3) is 10.8 Å². The summed E-state index contributed by atoms with van der Waals surface area (Å²) in [6.45, 7) is 3.43. The first-order valence-electron chi connectivity index (χ1n) is 8.15. The zero-order chi connectivity index (χ0) is 15.6. The third-order valence-electron chi connectivity index (χ3n) is 4.71. The zero-order valence-corrected chi connectivity index (χ0v) is 13.9. The Kier molecular flexibility index (Phi) is 4.14. The molecule has 4 nitrogen and oxygen atoms in total. The first-order valence-corrected chi connectivity index (χ1v) is 9.31. The van der Waals surface area contributed by atoms with Crippen molar-refractivity contribution in [2.75, 3.05) is 42.7 Å². The third kappa shape index (κ3) is 2.91. The summed E-state index contributed by atoms with van der Waals surface area (Å²) in [5.41, 5.74) is 1.28. The molecule has 2 fully saturated rings. The number of anilines is 1. The van der Waals surface area contributed by atoms with Crippen molar-refractivity contribution in [2.24, 2.45) is 0 Å². The van der Waals surface area contributed by atoms with Crippen molar-refractivity contribution in [1.82, 2.24) is 10.2 Å². The molecule has 0 aliphatic carbocycles. The average Bonchev–Trinajstić information content (AvgIpc) is 3.15. The van der Waals surface area contributed by atoms with E-state index in [9.17, 15) is 4.79 Å². The molecule has 1 amide bonds. The molecule has 0 radical (unpaired) electrons. The Bertz CT molecular complexity index is 701. The van der Waals surface area contributed by atoms with Crippen LogP contribution in [0.4, 0.5) is 5.69 Å². The van der Waals surface area contributed by atoms with Crippen LogP contribution in [0.3, 0.4) is 0 Å². The minimum Gasteiger partial charge on any atom is -0.367 e. The second kappa shape index (κ2) is 6.42. The van der Waals surface area contributed by atoms with Gasteiger partial charge in [-0.2, -0.15) is 0 Å². The van der Waals surface area contributed by atoms with Crippen LogP contribution in [-0.2, 0) is 4.79 Å². The summed E-state index contributed by atoms with van der Waals surface area (Å²) in [6.07, 6.45) is 0. The Labute approximate surface area is 140 Å². The maximum Gasteiger partial charge on any atom is 0.240 e. The fraction of sp³-hybridized carbons (Fsp3) is 0.389. The molecular weight excluding hydrogens is 306 g/mol. The van der Waals surface area contributed by atoms with Crippen molar-refractivity contribution in [2.45, 2.75) is 6.04 Å². The molecule has 1 N–H and O–H groups in total. The summed E-state index contributed by atoms with van der Waals surface area (Å²) in [4.78, 5) is 16.9. The molecule has 2 heterocycles. The van der Waals surface area contributed by atoms with Gasteiger partial charge in [-0.25, -0.2) is 0 Å². The van der Waals surface area contributed by atoms with E-state index in [2.05, 4.69) is 52.7 Å². The van der Waals surface area contributed by atoms with Crippen molar-refractivity contribution in [1.29, 1.82) is 0 Å².